The SMILES string of the molecule is COc1ccc(S(=O)(=O)Cl)cc1CNS(=O)(=O)C(F)F. The Morgan fingerprint density at radius 2 is 1.90 bits per heavy atom. The van der Waals surface area contributed by atoms with Crippen LogP contribution in [0.4, 0.5) is 8.78 Å². The lowest BCUT2D eigenvalue weighted by molar-refractivity contribution is 0.232. The van der Waals surface area contributed by atoms with Gasteiger partial charge in [0, 0.05) is 22.8 Å². The molecule has 0 heterocycles. The highest BCUT2D eigenvalue weighted by atomic mass is 35.7. The zero-order valence-electron chi connectivity index (χ0n) is 10.0. The Morgan fingerprint density at radius 3 is 2.35 bits per heavy atom. The third-order valence-corrected chi connectivity index (χ3v) is 4.60. The number of methoxy groups -OCH3 is 1. The van der Waals surface area contributed by atoms with Crippen LogP contribution in [0.5, 0.6) is 5.75 Å². The van der Waals surface area contributed by atoms with E-state index < -0.39 is 31.4 Å². The smallest absolute Gasteiger partial charge is 0.350 e. The molecule has 20 heavy (non-hydrogen) atoms. The molecular formula is C9H10ClF2NO5S2. The van der Waals surface area contributed by atoms with Gasteiger partial charge in [-0.15, -0.1) is 0 Å². The second-order valence-electron chi connectivity index (χ2n) is 3.54. The summed E-state index contributed by atoms with van der Waals surface area (Å²) in [7, 11) is -2.42. The summed E-state index contributed by atoms with van der Waals surface area (Å²) in [5, 5.41) is 0. The van der Waals surface area contributed by atoms with Crippen molar-refractivity contribution in [3.05, 3.63) is 23.8 Å². The molecule has 6 nitrogen and oxygen atoms in total. The molecule has 0 aliphatic rings. The average molecular weight is 350 g/mol. The molecule has 11 heteroatoms. The molecule has 0 aromatic heterocycles. The van der Waals surface area contributed by atoms with Crippen molar-refractivity contribution in [2.24, 2.45) is 0 Å². The molecule has 1 aromatic rings. The Morgan fingerprint density at radius 1 is 1.30 bits per heavy atom. The predicted octanol–water partition coefficient (Wildman–Crippen LogP) is 1.26. The van der Waals surface area contributed by atoms with Crippen molar-refractivity contribution in [3.8, 4) is 5.75 Å². The van der Waals surface area contributed by atoms with E-state index in [1.165, 1.54) is 13.2 Å². The lowest BCUT2D eigenvalue weighted by Crippen LogP contribution is -2.29. The molecule has 1 N–H and O–H groups in total. The summed E-state index contributed by atoms with van der Waals surface area (Å²) < 4.78 is 75.0. The minimum atomic E-state index is -4.79. The molecule has 114 valence electrons. The first kappa shape index (κ1) is 17.1. The fourth-order valence-corrected chi connectivity index (χ4v) is 2.57. The number of halogens is 3. The fourth-order valence-electron chi connectivity index (χ4n) is 1.29. The number of nitrogens with one attached hydrogen (secondary N) is 1. The van der Waals surface area contributed by atoms with Crippen LogP contribution in [-0.2, 0) is 25.6 Å². The Hall–Kier alpha value is -0.970. The van der Waals surface area contributed by atoms with Crippen LogP contribution in [0.3, 0.4) is 0 Å². The minimum absolute atomic E-state index is 0.0541. The van der Waals surface area contributed by atoms with Crippen LogP contribution in [0.2, 0.25) is 0 Å². The highest BCUT2D eigenvalue weighted by Crippen LogP contribution is 2.24. The van der Waals surface area contributed by atoms with Gasteiger partial charge in [-0.25, -0.2) is 21.6 Å². The van der Waals surface area contributed by atoms with Crippen LogP contribution in [0, 0.1) is 0 Å². The molecule has 0 saturated heterocycles. The molecule has 0 atom stereocenters. The van der Waals surface area contributed by atoms with Crippen molar-refractivity contribution in [1.82, 2.24) is 4.72 Å². The van der Waals surface area contributed by atoms with Crippen molar-refractivity contribution >= 4 is 29.8 Å². The van der Waals surface area contributed by atoms with E-state index in [1.54, 1.807) is 4.72 Å². The molecule has 0 unspecified atom stereocenters. The summed E-state index contributed by atoms with van der Waals surface area (Å²) in [6.45, 7) is -0.559. The number of benzene rings is 1. The van der Waals surface area contributed by atoms with Crippen LogP contribution in [-0.4, -0.2) is 29.7 Å². The van der Waals surface area contributed by atoms with Gasteiger partial charge in [0.25, 0.3) is 19.1 Å². The summed E-state index contributed by atoms with van der Waals surface area (Å²) >= 11 is 0. The lowest BCUT2D eigenvalue weighted by atomic mass is 10.2. The van der Waals surface area contributed by atoms with Crippen LogP contribution in [0.25, 0.3) is 0 Å². The first-order chi connectivity index (χ1) is 9.08. The normalized spacial score (nSPS) is 12.7. The van der Waals surface area contributed by atoms with Gasteiger partial charge in [0.05, 0.1) is 12.0 Å². The van der Waals surface area contributed by atoms with Gasteiger partial charge in [-0.1, -0.05) is 0 Å². The zero-order chi connectivity index (χ0) is 15.6. The molecule has 0 radical (unpaired) electrons. The van der Waals surface area contributed by atoms with Crippen molar-refractivity contribution in [2.75, 3.05) is 7.11 Å². The van der Waals surface area contributed by atoms with Crippen LogP contribution in [0.15, 0.2) is 23.1 Å². The van der Waals surface area contributed by atoms with Crippen molar-refractivity contribution < 1.29 is 30.4 Å². The Labute approximate surface area is 119 Å². The van der Waals surface area contributed by atoms with Crippen LogP contribution in [0.1, 0.15) is 5.56 Å². The molecule has 0 aliphatic heterocycles. The number of sulfonamides is 1. The first-order valence-corrected chi connectivity index (χ1v) is 8.81. The van der Waals surface area contributed by atoms with Gasteiger partial charge in [0.2, 0.25) is 0 Å². The Bertz CT molecular complexity index is 690. The van der Waals surface area contributed by atoms with Gasteiger partial charge in [0.1, 0.15) is 5.75 Å². The van der Waals surface area contributed by atoms with Crippen molar-refractivity contribution in [1.29, 1.82) is 0 Å². The minimum Gasteiger partial charge on any atom is -0.496 e. The lowest BCUT2D eigenvalue weighted by Gasteiger charge is -2.11. The van der Waals surface area contributed by atoms with Gasteiger partial charge in [0.15, 0.2) is 0 Å². The highest BCUT2D eigenvalue weighted by Gasteiger charge is 2.24. The topological polar surface area (TPSA) is 89.5 Å². The van der Waals surface area contributed by atoms with E-state index >= 15 is 0 Å². The molecule has 0 amide bonds. The quantitative estimate of drug-likeness (QED) is 0.781. The molecule has 0 fully saturated rings. The third-order valence-electron chi connectivity index (χ3n) is 2.23. The standard InChI is InChI=1S/C9H10ClF2NO5S2/c1-18-8-3-2-7(19(10,14)15)4-6(8)5-13-20(16,17)9(11)12/h2-4,9,13H,5H2,1H3. The van der Waals surface area contributed by atoms with Gasteiger partial charge >= 0.3 is 5.76 Å². The van der Waals surface area contributed by atoms with E-state index in [0.717, 1.165) is 12.1 Å². The molecule has 0 aliphatic carbocycles. The summed E-state index contributed by atoms with van der Waals surface area (Å²) in [6, 6.07) is 3.42. The highest BCUT2D eigenvalue weighted by molar-refractivity contribution is 8.13. The molecular weight excluding hydrogens is 340 g/mol. The van der Waals surface area contributed by atoms with E-state index in [2.05, 4.69) is 0 Å². The molecule has 0 spiro atoms. The van der Waals surface area contributed by atoms with E-state index in [0.29, 0.717) is 0 Å². The van der Waals surface area contributed by atoms with Crippen LogP contribution >= 0.6 is 10.7 Å². The number of rotatable bonds is 6. The average Bonchev–Trinajstić information content (AvgIpc) is 2.34. The Balaban J connectivity index is 3.11. The maximum atomic E-state index is 12.2. The number of hydrogen-bond acceptors (Lipinski definition) is 5. The fraction of sp³-hybridized carbons (Fsp3) is 0.333. The van der Waals surface area contributed by atoms with Gasteiger partial charge in [-0.05, 0) is 18.2 Å². The largest absolute Gasteiger partial charge is 0.496 e. The van der Waals surface area contributed by atoms with E-state index in [4.69, 9.17) is 15.4 Å². The monoisotopic (exact) mass is 349 g/mol. The van der Waals surface area contributed by atoms with Crippen molar-refractivity contribution in [2.45, 2.75) is 17.2 Å². The van der Waals surface area contributed by atoms with Gasteiger partial charge in [-0.3, -0.25) is 0 Å². The second-order valence-corrected chi connectivity index (χ2v) is 7.84. The second kappa shape index (κ2) is 6.20. The van der Waals surface area contributed by atoms with E-state index in [9.17, 15) is 25.6 Å². The number of hydrogen-bond donors (Lipinski definition) is 1. The maximum absolute atomic E-state index is 12.2. The summed E-state index contributed by atoms with van der Waals surface area (Å²) in [5.74, 6) is -3.46. The Kier molecular flexibility index (Phi) is 5.30. The first-order valence-electron chi connectivity index (χ1n) is 4.96. The molecule has 1 aromatic carbocycles. The van der Waals surface area contributed by atoms with E-state index in [-0.39, 0.29) is 16.2 Å². The van der Waals surface area contributed by atoms with Gasteiger partial charge in [-0.2, -0.15) is 8.78 Å². The predicted molar refractivity (Wildman–Crippen MR) is 67.8 cm³/mol. The number of alkyl halides is 2. The summed E-state index contributed by atoms with van der Waals surface area (Å²) in [6.07, 6.45) is 0. The summed E-state index contributed by atoms with van der Waals surface area (Å²) in [5.41, 5.74) is 0.0541. The third kappa shape index (κ3) is 4.27. The van der Waals surface area contributed by atoms with Crippen LogP contribution < -0.4 is 9.46 Å². The zero-order valence-corrected chi connectivity index (χ0v) is 12.4. The van der Waals surface area contributed by atoms with E-state index in [1.807, 2.05) is 0 Å². The molecule has 0 bridgehead atoms. The number of ether oxygens (including phenoxy) is 1. The molecule has 1 rings (SSSR count). The van der Waals surface area contributed by atoms with Crippen molar-refractivity contribution in [3.63, 3.8) is 0 Å². The molecule has 0 saturated carbocycles. The van der Waals surface area contributed by atoms with Gasteiger partial charge < -0.3 is 4.74 Å². The maximum Gasteiger partial charge on any atom is 0.350 e. The summed E-state index contributed by atoms with van der Waals surface area (Å²) in [4.78, 5) is -0.300.